The molecule has 0 atom stereocenters. The quantitative estimate of drug-likeness (QED) is 0.189. The van der Waals surface area contributed by atoms with E-state index in [1.807, 2.05) is 0 Å². The maximum atomic E-state index is 2.36. The summed E-state index contributed by atoms with van der Waals surface area (Å²) in [4.78, 5) is 4.61. The van der Waals surface area contributed by atoms with E-state index in [-0.39, 0.29) is 0 Å². The van der Waals surface area contributed by atoms with Gasteiger partial charge in [0.25, 0.3) is 0 Å². The molecule has 0 radical (unpaired) electrons. The average Bonchev–Trinajstić information content (AvgIpc) is 3.47. The van der Waals surface area contributed by atoms with Gasteiger partial charge in [-0.05, 0) is 77.4 Å². The smallest absolute Gasteiger partial charge is 0.212 e. The summed E-state index contributed by atoms with van der Waals surface area (Å²) in [6.45, 7) is 0. The first-order valence-corrected chi connectivity index (χ1v) is 15.0. The van der Waals surface area contributed by atoms with E-state index < -0.39 is 0 Å². The molecule has 1 aromatic heterocycles. The van der Waals surface area contributed by atoms with Crippen LogP contribution in [0.1, 0.15) is 11.3 Å². The summed E-state index contributed by atoms with van der Waals surface area (Å²) in [5, 5.41) is 1.23. The zero-order valence-electron chi connectivity index (χ0n) is 25.0. The van der Waals surface area contributed by atoms with E-state index >= 15 is 0 Å². The summed E-state index contributed by atoms with van der Waals surface area (Å²) >= 11 is 0. The molecule has 7 rings (SSSR count). The number of allylic oxidation sites excluding steroid dienone is 7. The minimum absolute atomic E-state index is 1.11. The topological polar surface area (TPSA) is 10.4 Å². The van der Waals surface area contributed by atoms with Gasteiger partial charge in [-0.3, -0.25) is 0 Å². The third-order valence-corrected chi connectivity index (χ3v) is 8.35. The third-order valence-electron chi connectivity index (χ3n) is 8.35. The van der Waals surface area contributed by atoms with Crippen molar-refractivity contribution in [2.45, 2.75) is 0 Å². The van der Waals surface area contributed by atoms with Crippen molar-refractivity contribution in [3.8, 4) is 0 Å². The van der Waals surface area contributed by atoms with Crippen LogP contribution < -0.4 is 14.4 Å². The first kappa shape index (κ1) is 27.2. The standard InChI is InChI=1S/C41H34N3/c1-42-35(27-23-31-13-9-11-19-39(31)42)29-25-33-21-22-34(26-30-36-28-24-32-14-10-12-20-40(32)43(36)2)41(33)44(37-15-5-3-6-16-37)38-17-7-4-8-18-38/h3-30H,1-2H3/q+1. The van der Waals surface area contributed by atoms with Crippen molar-refractivity contribution in [2.75, 3.05) is 16.8 Å². The highest BCUT2D eigenvalue weighted by molar-refractivity contribution is 5.80. The van der Waals surface area contributed by atoms with Crippen molar-refractivity contribution >= 4 is 40.1 Å². The second kappa shape index (κ2) is 11.9. The van der Waals surface area contributed by atoms with E-state index in [1.165, 1.54) is 22.2 Å². The van der Waals surface area contributed by atoms with Gasteiger partial charge in [-0.2, -0.15) is 4.57 Å². The van der Waals surface area contributed by atoms with Crippen molar-refractivity contribution in [1.82, 2.24) is 0 Å². The van der Waals surface area contributed by atoms with Crippen molar-refractivity contribution in [3.63, 3.8) is 0 Å². The number of fused-ring (bicyclic) bond motifs is 2. The zero-order valence-corrected chi connectivity index (χ0v) is 25.0. The van der Waals surface area contributed by atoms with E-state index in [9.17, 15) is 0 Å². The number of hydrogen-bond donors (Lipinski definition) is 0. The van der Waals surface area contributed by atoms with Crippen LogP contribution in [0.25, 0.3) is 23.1 Å². The lowest BCUT2D eigenvalue weighted by Crippen LogP contribution is -2.32. The Labute approximate surface area is 259 Å². The van der Waals surface area contributed by atoms with E-state index in [4.69, 9.17) is 0 Å². The lowest BCUT2D eigenvalue weighted by atomic mass is 10.0. The van der Waals surface area contributed by atoms with E-state index in [0.717, 1.165) is 39.6 Å². The number of rotatable bonds is 6. The van der Waals surface area contributed by atoms with Gasteiger partial charge in [-0.25, -0.2) is 0 Å². The molecule has 0 saturated heterocycles. The van der Waals surface area contributed by atoms with E-state index in [0.29, 0.717) is 0 Å². The molecule has 2 aliphatic rings. The maximum absolute atomic E-state index is 2.36. The fourth-order valence-electron chi connectivity index (χ4n) is 6.00. The summed E-state index contributed by atoms with van der Waals surface area (Å²) in [5.74, 6) is 0. The van der Waals surface area contributed by atoms with Crippen LogP contribution >= 0.6 is 0 Å². The number of aromatic nitrogens is 1. The highest BCUT2D eigenvalue weighted by atomic mass is 15.2. The Morgan fingerprint density at radius 2 is 1.30 bits per heavy atom. The van der Waals surface area contributed by atoms with Gasteiger partial charge in [0.15, 0.2) is 0 Å². The number of anilines is 3. The number of nitrogens with zero attached hydrogens (tertiary/aromatic N) is 3. The molecule has 1 aliphatic carbocycles. The zero-order chi connectivity index (χ0) is 29.9. The minimum atomic E-state index is 1.11. The molecule has 212 valence electrons. The number of hydrogen-bond acceptors (Lipinski definition) is 2. The Morgan fingerprint density at radius 1 is 0.614 bits per heavy atom. The number of likely N-dealkylation sites (N-methyl/N-ethyl adjacent to an activating group) is 1. The van der Waals surface area contributed by atoms with Gasteiger partial charge in [-0.1, -0.05) is 91.0 Å². The predicted octanol–water partition coefficient (Wildman–Crippen LogP) is 9.31. The van der Waals surface area contributed by atoms with Gasteiger partial charge in [0.1, 0.15) is 7.05 Å². The molecule has 5 aromatic rings. The van der Waals surface area contributed by atoms with Crippen LogP contribution in [-0.4, -0.2) is 7.05 Å². The Hall–Kier alpha value is -5.67. The predicted molar refractivity (Wildman–Crippen MR) is 185 cm³/mol. The summed E-state index contributed by atoms with van der Waals surface area (Å²) in [7, 11) is 4.26. The Kier molecular flexibility index (Phi) is 7.35. The minimum Gasteiger partial charge on any atom is -0.344 e. The summed E-state index contributed by atoms with van der Waals surface area (Å²) in [6.07, 6.45) is 17.8. The molecule has 3 heteroatoms. The number of para-hydroxylation sites is 4. The van der Waals surface area contributed by atoms with E-state index in [2.05, 4.69) is 198 Å². The molecule has 2 heterocycles. The monoisotopic (exact) mass is 568 g/mol. The largest absolute Gasteiger partial charge is 0.344 e. The van der Waals surface area contributed by atoms with E-state index in [1.54, 1.807) is 0 Å². The van der Waals surface area contributed by atoms with Crippen LogP contribution in [0.5, 0.6) is 0 Å². The van der Waals surface area contributed by atoms with Crippen LogP contribution in [0.15, 0.2) is 180 Å². The molecule has 0 fully saturated rings. The molecule has 0 spiro atoms. The fourth-order valence-corrected chi connectivity index (χ4v) is 6.00. The highest BCUT2D eigenvalue weighted by Crippen LogP contribution is 2.39. The Bertz CT molecular complexity index is 1990. The molecular formula is C41H34N3+. The van der Waals surface area contributed by atoms with Crippen LogP contribution in [-0.2, 0) is 7.05 Å². The number of benzene rings is 4. The maximum Gasteiger partial charge on any atom is 0.212 e. The Balaban J connectivity index is 1.36. The van der Waals surface area contributed by atoms with Crippen LogP contribution in [0.4, 0.5) is 17.1 Å². The molecule has 44 heavy (non-hydrogen) atoms. The third kappa shape index (κ3) is 5.21. The lowest BCUT2D eigenvalue weighted by Gasteiger charge is -2.29. The van der Waals surface area contributed by atoms with Crippen LogP contribution in [0.2, 0.25) is 0 Å². The average molecular weight is 569 g/mol. The van der Waals surface area contributed by atoms with Gasteiger partial charge in [0.05, 0.1) is 5.70 Å². The van der Waals surface area contributed by atoms with Gasteiger partial charge in [-0.15, -0.1) is 0 Å². The van der Waals surface area contributed by atoms with Crippen LogP contribution in [0.3, 0.4) is 0 Å². The summed E-state index contributed by atoms with van der Waals surface area (Å²) < 4.78 is 2.25. The molecule has 0 unspecified atom stereocenters. The lowest BCUT2D eigenvalue weighted by molar-refractivity contribution is -0.646. The molecule has 4 aromatic carbocycles. The molecule has 0 amide bonds. The molecular weight excluding hydrogens is 534 g/mol. The van der Waals surface area contributed by atoms with Crippen molar-refractivity contribution in [3.05, 3.63) is 192 Å². The van der Waals surface area contributed by atoms with Gasteiger partial charge in [0, 0.05) is 53.4 Å². The first-order chi connectivity index (χ1) is 21.7. The van der Waals surface area contributed by atoms with Crippen molar-refractivity contribution < 1.29 is 4.57 Å². The van der Waals surface area contributed by atoms with Crippen molar-refractivity contribution in [1.29, 1.82) is 0 Å². The SMILES string of the molecule is CN1/C(=C/C=C2\C=CC(/C=C/c3ccc4ccccc4[n+]3C)=C2N(c2ccccc2)c2ccccc2)C=Cc2ccccc21. The number of aryl methyl sites for hydroxylation is 1. The van der Waals surface area contributed by atoms with Crippen LogP contribution in [0, 0.1) is 0 Å². The summed E-state index contributed by atoms with van der Waals surface area (Å²) in [6, 6.07) is 42.6. The molecule has 1 aliphatic heterocycles. The molecule has 0 N–H and O–H groups in total. The Morgan fingerprint density at radius 3 is 2.07 bits per heavy atom. The van der Waals surface area contributed by atoms with Gasteiger partial charge < -0.3 is 9.80 Å². The second-order valence-electron chi connectivity index (χ2n) is 11.0. The van der Waals surface area contributed by atoms with Gasteiger partial charge in [0.2, 0.25) is 11.2 Å². The second-order valence-corrected chi connectivity index (χ2v) is 11.0. The van der Waals surface area contributed by atoms with Gasteiger partial charge >= 0.3 is 0 Å². The normalized spacial score (nSPS) is 16.1. The first-order valence-electron chi connectivity index (χ1n) is 15.0. The molecule has 0 bridgehead atoms. The number of pyridine rings is 1. The molecule has 3 nitrogen and oxygen atoms in total. The molecule has 0 saturated carbocycles. The fraction of sp³-hybridized carbons (Fsp3) is 0.0488. The highest BCUT2D eigenvalue weighted by Gasteiger charge is 2.23. The van der Waals surface area contributed by atoms with Crippen molar-refractivity contribution in [2.24, 2.45) is 7.05 Å². The summed E-state index contributed by atoms with van der Waals surface area (Å²) in [5.41, 5.74) is 11.6.